The fourth-order valence-electron chi connectivity index (χ4n) is 3.37. The van der Waals surface area contributed by atoms with Crippen LogP contribution in [0.1, 0.15) is 51.6 Å². The van der Waals surface area contributed by atoms with E-state index in [1.54, 1.807) is 24.3 Å². The number of guanidine groups is 1. The van der Waals surface area contributed by atoms with Crippen LogP contribution in [-0.4, -0.2) is 42.3 Å². The third kappa shape index (κ3) is 6.04. The average Bonchev–Trinajstić information content (AvgIpc) is 2.96. The molecule has 0 fully saturated rings. The third-order valence-electron chi connectivity index (χ3n) is 4.83. The molecule has 0 radical (unpaired) electrons. The highest BCUT2D eigenvalue weighted by Crippen LogP contribution is 2.22. The molecule has 0 aromatic heterocycles. The van der Waals surface area contributed by atoms with E-state index in [0.717, 1.165) is 31.9 Å². The van der Waals surface area contributed by atoms with Crippen molar-refractivity contribution in [1.29, 1.82) is 0 Å². The molecule has 0 atom stereocenters. The second kappa shape index (κ2) is 11.7. The molecule has 30 heavy (non-hydrogen) atoms. The topological polar surface area (TPSA) is 73.8 Å². The molecule has 0 unspecified atom stereocenters. The van der Waals surface area contributed by atoms with E-state index in [4.69, 9.17) is 0 Å². The van der Waals surface area contributed by atoms with Crippen LogP contribution in [0.3, 0.4) is 0 Å². The van der Waals surface area contributed by atoms with Crippen LogP contribution in [0.4, 0.5) is 0 Å². The van der Waals surface area contributed by atoms with Gasteiger partial charge in [-0.15, -0.1) is 24.0 Å². The first-order valence-corrected chi connectivity index (χ1v) is 10.1. The zero-order valence-corrected chi connectivity index (χ0v) is 19.8. The number of carbonyl (C=O) groups is 2. The SMILES string of the molecule is CCNC(=NCc1cccc(C)c1)NCCCCN1C(=O)c2ccccc2C1=O.I. The van der Waals surface area contributed by atoms with E-state index in [-0.39, 0.29) is 35.8 Å². The molecule has 2 aromatic carbocycles. The number of benzene rings is 2. The average molecular weight is 520 g/mol. The lowest BCUT2D eigenvalue weighted by Crippen LogP contribution is -2.38. The number of rotatable bonds is 8. The van der Waals surface area contributed by atoms with Crippen LogP contribution in [-0.2, 0) is 6.54 Å². The van der Waals surface area contributed by atoms with Crippen molar-refractivity contribution < 1.29 is 9.59 Å². The molecule has 1 aliphatic heterocycles. The van der Waals surface area contributed by atoms with Gasteiger partial charge in [-0.25, -0.2) is 4.99 Å². The van der Waals surface area contributed by atoms with Gasteiger partial charge in [0.1, 0.15) is 0 Å². The Morgan fingerprint density at radius 2 is 1.67 bits per heavy atom. The van der Waals surface area contributed by atoms with Crippen molar-refractivity contribution in [2.45, 2.75) is 33.2 Å². The van der Waals surface area contributed by atoms with E-state index >= 15 is 0 Å². The van der Waals surface area contributed by atoms with Gasteiger partial charge in [-0.3, -0.25) is 14.5 Å². The summed E-state index contributed by atoms with van der Waals surface area (Å²) in [6, 6.07) is 15.3. The number of imide groups is 1. The summed E-state index contributed by atoms with van der Waals surface area (Å²) in [6.07, 6.45) is 1.58. The Morgan fingerprint density at radius 3 is 2.30 bits per heavy atom. The van der Waals surface area contributed by atoms with Gasteiger partial charge >= 0.3 is 0 Å². The van der Waals surface area contributed by atoms with Gasteiger partial charge in [0.05, 0.1) is 17.7 Å². The lowest BCUT2D eigenvalue weighted by atomic mass is 10.1. The summed E-state index contributed by atoms with van der Waals surface area (Å²) in [5, 5.41) is 6.57. The van der Waals surface area contributed by atoms with Crippen molar-refractivity contribution in [3.63, 3.8) is 0 Å². The monoisotopic (exact) mass is 520 g/mol. The van der Waals surface area contributed by atoms with Crippen molar-refractivity contribution in [3.05, 3.63) is 70.8 Å². The number of aryl methyl sites for hydroxylation is 1. The Hall–Kier alpha value is -2.42. The van der Waals surface area contributed by atoms with Crippen LogP contribution >= 0.6 is 24.0 Å². The summed E-state index contributed by atoms with van der Waals surface area (Å²) in [5.41, 5.74) is 3.42. The predicted octanol–water partition coefficient (Wildman–Crippen LogP) is 3.74. The van der Waals surface area contributed by atoms with Crippen molar-refractivity contribution in [2.75, 3.05) is 19.6 Å². The first-order chi connectivity index (χ1) is 14.1. The normalized spacial score (nSPS) is 13.1. The van der Waals surface area contributed by atoms with Gasteiger partial charge in [-0.05, 0) is 44.4 Å². The number of halogens is 1. The zero-order valence-electron chi connectivity index (χ0n) is 17.5. The summed E-state index contributed by atoms with van der Waals surface area (Å²) in [7, 11) is 0. The summed E-state index contributed by atoms with van der Waals surface area (Å²) < 4.78 is 0. The standard InChI is InChI=1S/C23H28N4O2.HI/c1-3-24-23(26-16-18-10-8-9-17(2)15-18)25-13-6-7-14-27-21(28)19-11-4-5-12-20(19)22(27)29;/h4-5,8-12,15H,3,6-7,13-14,16H2,1-2H3,(H2,24,25,26);1H. The molecule has 160 valence electrons. The number of nitrogens with zero attached hydrogens (tertiary/aromatic N) is 2. The van der Waals surface area contributed by atoms with Gasteiger partial charge < -0.3 is 10.6 Å². The predicted molar refractivity (Wildman–Crippen MR) is 130 cm³/mol. The maximum atomic E-state index is 12.4. The summed E-state index contributed by atoms with van der Waals surface area (Å²) in [6.45, 7) is 6.67. The molecule has 7 heteroatoms. The minimum Gasteiger partial charge on any atom is -0.357 e. The number of nitrogens with one attached hydrogen (secondary N) is 2. The Labute approximate surface area is 195 Å². The van der Waals surface area contributed by atoms with Gasteiger partial charge in [-0.1, -0.05) is 42.0 Å². The Balaban J connectivity index is 0.00000320. The van der Waals surface area contributed by atoms with Crippen LogP contribution in [0.5, 0.6) is 0 Å². The van der Waals surface area contributed by atoms with E-state index in [1.165, 1.54) is 16.0 Å². The van der Waals surface area contributed by atoms with Crippen LogP contribution in [0, 0.1) is 6.92 Å². The van der Waals surface area contributed by atoms with Gasteiger partial charge in [0, 0.05) is 19.6 Å². The fourth-order valence-corrected chi connectivity index (χ4v) is 3.37. The van der Waals surface area contributed by atoms with Crippen molar-refractivity contribution in [3.8, 4) is 0 Å². The molecule has 6 nitrogen and oxygen atoms in total. The van der Waals surface area contributed by atoms with E-state index in [0.29, 0.717) is 24.2 Å². The summed E-state index contributed by atoms with van der Waals surface area (Å²) in [4.78, 5) is 30.7. The van der Waals surface area contributed by atoms with Gasteiger partial charge in [0.15, 0.2) is 5.96 Å². The second-order valence-electron chi connectivity index (χ2n) is 7.13. The molecular weight excluding hydrogens is 491 g/mol. The molecule has 1 aliphatic rings. The van der Waals surface area contributed by atoms with Crippen LogP contribution < -0.4 is 10.6 Å². The number of carbonyl (C=O) groups excluding carboxylic acids is 2. The molecule has 0 saturated carbocycles. The first kappa shape index (κ1) is 23.9. The zero-order chi connectivity index (χ0) is 20.6. The smallest absolute Gasteiger partial charge is 0.261 e. The number of aliphatic imine (C=N–C) groups is 1. The molecule has 2 N–H and O–H groups in total. The fraction of sp³-hybridized carbons (Fsp3) is 0.348. The molecule has 0 bridgehead atoms. The highest BCUT2D eigenvalue weighted by Gasteiger charge is 2.34. The van der Waals surface area contributed by atoms with Gasteiger partial charge in [0.2, 0.25) is 0 Å². The van der Waals surface area contributed by atoms with Crippen LogP contribution in [0.15, 0.2) is 53.5 Å². The molecule has 0 saturated heterocycles. The van der Waals surface area contributed by atoms with E-state index in [1.807, 2.05) is 13.0 Å². The molecule has 1 heterocycles. The van der Waals surface area contributed by atoms with Crippen molar-refractivity contribution in [1.82, 2.24) is 15.5 Å². The first-order valence-electron chi connectivity index (χ1n) is 10.1. The molecule has 2 amide bonds. The van der Waals surface area contributed by atoms with Crippen LogP contribution in [0.2, 0.25) is 0 Å². The minimum atomic E-state index is -0.188. The third-order valence-corrected chi connectivity index (χ3v) is 4.83. The Kier molecular flexibility index (Phi) is 9.29. The Morgan fingerprint density at radius 1 is 0.967 bits per heavy atom. The number of hydrogen-bond donors (Lipinski definition) is 2. The number of unbranched alkanes of at least 4 members (excludes halogenated alkanes) is 1. The molecule has 2 aromatic rings. The van der Waals surface area contributed by atoms with Crippen molar-refractivity contribution in [2.24, 2.45) is 4.99 Å². The number of hydrogen-bond acceptors (Lipinski definition) is 3. The number of amides is 2. The minimum absolute atomic E-state index is 0. The second-order valence-corrected chi connectivity index (χ2v) is 7.13. The van der Waals surface area contributed by atoms with E-state index < -0.39 is 0 Å². The molecular formula is C23H29IN4O2. The van der Waals surface area contributed by atoms with Gasteiger partial charge in [0.25, 0.3) is 11.8 Å². The van der Waals surface area contributed by atoms with Gasteiger partial charge in [-0.2, -0.15) is 0 Å². The van der Waals surface area contributed by atoms with Crippen LogP contribution in [0.25, 0.3) is 0 Å². The molecule has 0 aliphatic carbocycles. The molecule has 0 spiro atoms. The lowest BCUT2D eigenvalue weighted by molar-refractivity contribution is 0.0652. The lowest BCUT2D eigenvalue weighted by Gasteiger charge is -2.14. The highest BCUT2D eigenvalue weighted by molar-refractivity contribution is 14.0. The largest absolute Gasteiger partial charge is 0.357 e. The maximum Gasteiger partial charge on any atom is 0.261 e. The molecule has 3 rings (SSSR count). The Bertz CT molecular complexity index is 879. The van der Waals surface area contributed by atoms with E-state index in [2.05, 4.69) is 40.7 Å². The quantitative estimate of drug-likeness (QED) is 0.183. The summed E-state index contributed by atoms with van der Waals surface area (Å²) >= 11 is 0. The summed E-state index contributed by atoms with van der Waals surface area (Å²) in [5.74, 6) is 0.396. The maximum absolute atomic E-state index is 12.4. The number of fused-ring (bicyclic) bond motifs is 1. The highest BCUT2D eigenvalue weighted by atomic mass is 127. The van der Waals surface area contributed by atoms with E-state index in [9.17, 15) is 9.59 Å². The van der Waals surface area contributed by atoms with Crippen molar-refractivity contribution >= 4 is 41.8 Å².